The molecule has 1 atom stereocenters. The van der Waals surface area contributed by atoms with E-state index in [-0.39, 0.29) is 12.0 Å². The summed E-state index contributed by atoms with van der Waals surface area (Å²) in [6, 6.07) is 0. The van der Waals surface area contributed by atoms with Crippen molar-refractivity contribution >= 4 is 12.0 Å². The number of hydrogen-bond acceptors (Lipinski definition) is 4. The minimum absolute atomic E-state index is 0.109. The van der Waals surface area contributed by atoms with Crippen LogP contribution in [-0.4, -0.2) is 67.2 Å². The van der Waals surface area contributed by atoms with E-state index in [0.717, 1.165) is 38.9 Å². The first-order chi connectivity index (χ1) is 13.2. The molecule has 1 N–H and O–H groups in total. The summed E-state index contributed by atoms with van der Waals surface area (Å²) in [5.74, 6) is 0.490. The molecule has 160 valence electrons. The molecule has 2 amide bonds. The van der Waals surface area contributed by atoms with Crippen LogP contribution < -0.4 is 5.32 Å². The number of carbonyl (C=O) groups is 2. The average Bonchev–Trinajstić information content (AvgIpc) is 2.61. The van der Waals surface area contributed by atoms with Gasteiger partial charge in [-0.2, -0.15) is 0 Å². The third kappa shape index (κ3) is 8.63. The molecule has 2 rings (SSSR count). The molecule has 1 aliphatic carbocycles. The highest BCUT2D eigenvalue weighted by Gasteiger charge is 2.26. The van der Waals surface area contributed by atoms with Crippen LogP contribution in [0.25, 0.3) is 0 Å². The van der Waals surface area contributed by atoms with Gasteiger partial charge in [0, 0.05) is 26.7 Å². The van der Waals surface area contributed by atoms with Crippen molar-refractivity contribution in [3.63, 3.8) is 0 Å². The highest BCUT2D eigenvalue weighted by Crippen LogP contribution is 2.20. The van der Waals surface area contributed by atoms with Gasteiger partial charge in [0.2, 0.25) is 5.91 Å². The van der Waals surface area contributed by atoms with Crippen LogP contribution in [0.2, 0.25) is 0 Å². The lowest BCUT2D eigenvalue weighted by Crippen LogP contribution is -2.46. The lowest BCUT2D eigenvalue weighted by atomic mass is 9.97. The number of likely N-dealkylation sites (tertiary alicyclic amines) is 1. The number of amides is 2. The molecular weight excluding hydrogens is 354 g/mol. The first-order valence-corrected chi connectivity index (χ1v) is 10.8. The topological polar surface area (TPSA) is 61.9 Å². The van der Waals surface area contributed by atoms with Crippen LogP contribution in [-0.2, 0) is 9.53 Å². The van der Waals surface area contributed by atoms with Gasteiger partial charge in [0.15, 0.2) is 0 Å². The number of carbonyl (C=O) groups excluding carboxylic acids is 2. The molecule has 1 saturated heterocycles. The lowest BCUT2D eigenvalue weighted by Gasteiger charge is -2.34. The lowest BCUT2D eigenvalue weighted by molar-refractivity contribution is -0.122. The summed E-state index contributed by atoms with van der Waals surface area (Å²) < 4.78 is 5.43. The standard InChI is InChI=1S/C22H39N3O3/c1-22(2,3)28-21(27)24(4)15-19-11-8-14-25(16-19)17-20(26)23-13-12-18-9-6-5-7-10-18/h9,19H,5-8,10-17H2,1-4H3,(H,23,26). The van der Waals surface area contributed by atoms with Gasteiger partial charge in [-0.3, -0.25) is 9.69 Å². The van der Waals surface area contributed by atoms with Gasteiger partial charge in [-0.1, -0.05) is 11.6 Å². The van der Waals surface area contributed by atoms with E-state index in [1.54, 1.807) is 11.9 Å². The van der Waals surface area contributed by atoms with Crippen LogP contribution in [0.4, 0.5) is 4.79 Å². The zero-order valence-electron chi connectivity index (χ0n) is 18.3. The maximum absolute atomic E-state index is 12.3. The summed E-state index contributed by atoms with van der Waals surface area (Å²) in [6.45, 7) is 9.30. The summed E-state index contributed by atoms with van der Waals surface area (Å²) in [5, 5.41) is 3.07. The maximum atomic E-state index is 12.3. The van der Waals surface area contributed by atoms with Crippen LogP contribution in [0.3, 0.4) is 0 Å². The van der Waals surface area contributed by atoms with Crippen molar-refractivity contribution in [1.82, 2.24) is 15.1 Å². The van der Waals surface area contributed by atoms with E-state index in [0.29, 0.717) is 19.0 Å². The molecule has 6 nitrogen and oxygen atoms in total. The smallest absolute Gasteiger partial charge is 0.410 e. The normalized spacial score (nSPS) is 21.0. The van der Waals surface area contributed by atoms with Crippen LogP contribution in [0.15, 0.2) is 11.6 Å². The summed E-state index contributed by atoms with van der Waals surface area (Å²) in [7, 11) is 1.79. The van der Waals surface area contributed by atoms with Crippen LogP contribution in [0.5, 0.6) is 0 Å². The largest absolute Gasteiger partial charge is 0.444 e. The number of rotatable bonds is 7. The molecule has 1 unspecified atom stereocenters. The fourth-order valence-corrected chi connectivity index (χ4v) is 4.00. The second kappa shape index (κ2) is 10.8. The average molecular weight is 394 g/mol. The fourth-order valence-electron chi connectivity index (χ4n) is 4.00. The molecule has 0 aromatic heterocycles. The molecule has 1 fully saturated rings. The molecule has 0 aromatic carbocycles. The van der Waals surface area contributed by atoms with E-state index < -0.39 is 5.60 Å². The maximum Gasteiger partial charge on any atom is 0.410 e. The van der Waals surface area contributed by atoms with Crippen LogP contribution in [0, 0.1) is 5.92 Å². The summed E-state index contributed by atoms with van der Waals surface area (Å²) in [5.41, 5.74) is 1.02. The third-order valence-corrected chi connectivity index (χ3v) is 5.36. The number of ether oxygens (including phenoxy) is 1. The monoisotopic (exact) mass is 393 g/mol. The SMILES string of the molecule is CN(CC1CCCN(CC(=O)NCCC2=CCCCC2)C1)C(=O)OC(C)(C)C. The van der Waals surface area contributed by atoms with E-state index in [1.807, 2.05) is 20.8 Å². The molecule has 0 saturated carbocycles. The van der Waals surface area contributed by atoms with Gasteiger partial charge in [0.1, 0.15) is 5.60 Å². The molecule has 1 heterocycles. The number of piperidine rings is 1. The van der Waals surface area contributed by atoms with Crippen molar-refractivity contribution in [3.8, 4) is 0 Å². The Morgan fingerprint density at radius 3 is 2.75 bits per heavy atom. The first-order valence-electron chi connectivity index (χ1n) is 10.8. The minimum atomic E-state index is -0.476. The van der Waals surface area contributed by atoms with Gasteiger partial charge in [-0.25, -0.2) is 4.79 Å². The van der Waals surface area contributed by atoms with Gasteiger partial charge in [0.25, 0.3) is 0 Å². The quantitative estimate of drug-likeness (QED) is 0.672. The van der Waals surface area contributed by atoms with Gasteiger partial charge in [0.05, 0.1) is 6.54 Å². The van der Waals surface area contributed by atoms with E-state index in [4.69, 9.17) is 4.74 Å². The van der Waals surface area contributed by atoms with Crippen molar-refractivity contribution in [2.75, 3.05) is 39.8 Å². The Morgan fingerprint density at radius 1 is 1.29 bits per heavy atom. The Bertz CT molecular complexity index is 554. The number of nitrogens with one attached hydrogen (secondary N) is 1. The minimum Gasteiger partial charge on any atom is -0.444 e. The molecule has 0 spiro atoms. The second-order valence-electron chi connectivity index (χ2n) is 9.31. The predicted molar refractivity (Wildman–Crippen MR) is 112 cm³/mol. The Hall–Kier alpha value is -1.56. The molecule has 6 heteroatoms. The van der Waals surface area contributed by atoms with Gasteiger partial charge < -0.3 is 15.0 Å². The molecular formula is C22H39N3O3. The molecule has 28 heavy (non-hydrogen) atoms. The Balaban J connectivity index is 1.68. The fraction of sp³-hybridized carbons (Fsp3) is 0.818. The molecule has 2 aliphatic rings. The molecule has 0 radical (unpaired) electrons. The van der Waals surface area contributed by atoms with E-state index in [9.17, 15) is 9.59 Å². The molecule has 0 bridgehead atoms. The Labute approximate surface area is 170 Å². The van der Waals surface area contributed by atoms with Crippen molar-refractivity contribution in [3.05, 3.63) is 11.6 Å². The second-order valence-corrected chi connectivity index (χ2v) is 9.31. The van der Waals surface area contributed by atoms with Crippen molar-refractivity contribution in [2.45, 2.75) is 71.3 Å². The van der Waals surface area contributed by atoms with Gasteiger partial charge in [-0.15, -0.1) is 0 Å². The predicted octanol–water partition coefficient (Wildman–Crippen LogP) is 3.57. The van der Waals surface area contributed by atoms with Crippen molar-refractivity contribution in [2.24, 2.45) is 5.92 Å². The summed E-state index contributed by atoms with van der Waals surface area (Å²) in [4.78, 5) is 28.3. The van der Waals surface area contributed by atoms with E-state index in [1.165, 1.54) is 31.3 Å². The van der Waals surface area contributed by atoms with Gasteiger partial charge in [-0.05, 0) is 78.2 Å². The number of nitrogens with zero attached hydrogens (tertiary/aromatic N) is 2. The number of allylic oxidation sites excluding steroid dienone is 1. The van der Waals surface area contributed by atoms with Crippen LogP contribution in [0.1, 0.15) is 65.7 Å². The van der Waals surface area contributed by atoms with Crippen LogP contribution >= 0.6 is 0 Å². The summed E-state index contributed by atoms with van der Waals surface area (Å²) >= 11 is 0. The first kappa shape index (κ1) is 22.7. The molecule has 1 aliphatic heterocycles. The van der Waals surface area contributed by atoms with Crippen molar-refractivity contribution in [1.29, 1.82) is 0 Å². The highest BCUT2D eigenvalue weighted by molar-refractivity contribution is 5.78. The zero-order chi connectivity index (χ0) is 20.6. The van der Waals surface area contributed by atoms with Gasteiger partial charge >= 0.3 is 6.09 Å². The Morgan fingerprint density at radius 2 is 2.07 bits per heavy atom. The zero-order valence-corrected chi connectivity index (χ0v) is 18.3. The number of hydrogen-bond donors (Lipinski definition) is 1. The molecule has 0 aromatic rings. The summed E-state index contributed by atoms with van der Waals surface area (Å²) in [6.07, 6.45) is 10.2. The van der Waals surface area contributed by atoms with E-state index in [2.05, 4.69) is 16.3 Å². The highest BCUT2D eigenvalue weighted by atomic mass is 16.6. The third-order valence-electron chi connectivity index (χ3n) is 5.36. The Kier molecular flexibility index (Phi) is 8.80. The van der Waals surface area contributed by atoms with E-state index >= 15 is 0 Å². The van der Waals surface area contributed by atoms with Crippen molar-refractivity contribution < 1.29 is 14.3 Å².